The summed E-state index contributed by atoms with van der Waals surface area (Å²) < 4.78 is 5.31. The van der Waals surface area contributed by atoms with Crippen LogP contribution in [-0.2, 0) is 19.2 Å². The third-order valence-electron chi connectivity index (χ3n) is 9.70. The number of aliphatic carboxylic acids is 2. The average molecular weight is 709 g/mol. The zero-order valence-electron chi connectivity index (χ0n) is 27.5. The highest BCUT2D eigenvalue weighted by Gasteiger charge is 2.62. The minimum atomic E-state index is -1.40. The summed E-state index contributed by atoms with van der Waals surface area (Å²) in [5, 5.41) is 39.0. The van der Waals surface area contributed by atoms with E-state index in [1.54, 1.807) is 25.4 Å². The smallest absolute Gasteiger partial charge is 0.329 e. The predicted octanol–water partition coefficient (Wildman–Crippen LogP) is 2.68. The Morgan fingerprint density at radius 2 is 1.76 bits per heavy atom. The molecule has 1 aliphatic carbocycles. The Labute approximate surface area is 291 Å². The van der Waals surface area contributed by atoms with Crippen LogP contribution in [0.3, 0.4) is 0 Å². The van der Waals surface area contributed by atoms with Gasteiger partial charge in [-0.15, -0.1) is 16.4 Å². The Morgan fingerprint density at radius 3 is 2.44 bits per heavy atom. The first-order valence-electron chi connectivity index (χ1n) is 16.7. The van der Waals surface area contributed by atoms with Crippen LogP contribution < -0.4 is 20.7 Å². The number of ether oxygens (including phenoxy) is 1. The van der Waals surface area contributed by atoms with E-state index in [0.29, 0.717) is 41.4 Å². The summed E-state index contributed by atoms with van der Waals surface area (Å²) in [5.41, 5.74) is 0.416. The molecule has 5 atom stereocenters. The Kier molecular flexibility index (Phi) is 10.3. The number of carboxylic acids is 2. The van der Waals surface area contributed by atoms with Crippen LogP contribution in [0.4, 0.5) is 4.79 Å². The summed E-state index contributed by atoms with van der Waals surface area (Å²) >= 11 is 1.39. The van der Waals surface area contributed by atoms with Crippen molar-refractivity contribution < 1.29 is 38.9 Å². The molecule has 50 heavy (non-hydrogen) atoms. The third kappa shape index (κ3) is 7.41. The van der Waals surface area contributed by atoms with Gasteiger partial charge in [-0.3, -0.25) is 14.4 Å². The first-order valence-corrected chi connectivity index (χ1v) is 17.6. The Hall–Kier alpha value is -5.06. The zero-order valence-corrected chi connectivity index (χ0v) is 28.4. The molecule has 0 bridgehead atoms. The van der Waals surface area contributed by atoms with Crippen molar-refractivity contribution in [3.63, 3.8) is 0 Å². The van der Waals surface area contributed by atoms with Gasteiger partial charge in [0, 0.05) is 30.1 Å². The second-order valence-corrected chi connectivity index (χ2v) is 13.9. The molecule has 3 aliphatic rings. The van der Waals surface area contributed by atoms with E-state index in [4.69, 9.17) is 20.0 Å². The molecule has 0 radical (unpaired) electrons. The van der Waals surface area contributed by atoms with Crippen LogP contribution in [0.1, 0.15) is 63.8 Å². The number of fused-ring (bicyclic) bond motifs is 2. The molecule has 2 aromatic heterocycles. The average Bonchev–Trinajstić information content (AvgIpc) is 3.56. The molecule has 1 aromatic carbocycles. The second-order valence-electron chi connectivity index (χ2n) is 13.0. The minimum absolute atomic E-state index is 0.00336. The number of carbonyl (C=O) groups is 5. The van der Waals surface area contributed by atoms with Crippen LogP contribution in [0.2, 0.25) is 0 Å². The maximum absolute atomic E-state index is 14.3. The van der Waals surface area contributed by atoms with Crippen molar-refractivity contribution in [2.45, 2.75) is 81.5 Å². The summed E-state index contributed by atoms with van der Waals surface area (Å²) in [4.78, 5) is 71.9. The summed E-state index contributed by atoms with van der Waals surface area (Å²) in [6.07, 6.45) is 6.94. The van der Waals surface area contributed by atoms with E-state index < -0.39 is 60.0 Å². The molecule has 2 saturated heterocycles. The molecule has 3 aromatic rings. The Balaban J connectivity index is 1.34. The SMILES string of the molecule is COc1ccc(-c2nn([C@@H]3C[C@H]4C(=O)N[C@@]5(C(=O)O)C[C@H]5CCCCCCC[C@@H](NC(=O)NCC(=O)O)C(=O)N4C3)nc2-c2nccs2)cc1. The molecule has 0 spiro atoms. The van der Waals surface area contributed by atoms with E-state index >= 15 is 0 Å². The molecule has 2 aliphatic heterocycles. The van der Waals surface area contributed by atoms with E-state index in [-0.39, 0.29) is 25.3 Å². The fraction of sp³-hybridized carbons (Fsp3) is 0.515. The van der Waals surface area contributed by atoms with E-state index in [1.165, 1.54) is 21.0 Å². The van der Waals surface area contributed by atoms with E-state index in [1.807, 2.05) is 17.5 Å². The first kappa shape index (κ1) is 34.8. The minimum Gasteiger partial charge on any atom is -0.497 e. The van der Waals surface area contributed by atoms with Gasteiger partial charge < -0.3 is 35.8 Å². The largest absolute Gasteiger partial charge is 0.497 e. The van der Waals surface area contributed by atoms with Crippen LogP contribution in [-0.4, -0.2) is 103 Å². The topological polar surface area (TPSA) is 218 Å². The maximum Gasteiger partial charge on any atom is 0.329 e. The number of aromatic nitrogens is 4. The molecule has 0 unspecified atom stereocenters. The van der Waals surface area contributed by atoms with Gasteiger partial charge in [0.25, 0.3) is 0 Å². The fourth-order valence-corrected chi connectivity index (χ4v) is 7.55. The quantitative estimate of drug-likeness (QED) is 0.229. The van der Waals surface area contributed by atoms with Crippen molar-refractivity contribution in [3.8, 4) is 27.7 Å². The van der Waals surface area contributed by atoms with Crippen molar-refractivity contribution in [1.29, 1.82) is 0 Å². The third-order valence-corrected chi connectivity index (χ3v) is 10.5. The molecular weight excluding hydrogens is 668 g/mol. The molecule has 266 valence electrons. The molecule has 16 nitrogen and oxygen atoms in total. The lowest BCUT2D eigenvalue weighted by Gasteiger charge is -2.29. The second kappa shape index (κ2) is 14.8. The highest BCUT2D eigenvalue weighted by molar-refractivity contribution is 7.13. The van der Waals surface area contributed by atoms with Crippen LogP contribution in [0.25, 0.3) is 22.0 Å². The summed E-state index contributed by atoms with van der Waals surface area (Å²) in [5.74, 6) is -3.02. The van der Waals surface area contributed by atoms with Crippen LogP contribution in [0.15, 0.2) is 35.8 Å². The lowest BCUT2D eigenvalue weighted by Crippen LogP contribution is -2.57. The number of nitrogens with one attached hydrogen (secondary N) is 3. The first-order chi connectivity index (χ1) is 24.1. The number of amides is 4. The summed E-state index contributed by atoms with van der Waals surface area (Å²) in [7, 11) is 1.57. The van der Waals surface area contributed by atoms with E-state index in [2.05, 4.69) is 20.9 Å². The highest BCUT2D eigenvalue weighted by Crippen LogP contribution is 2.48. The number of hydrogen-bond acceptors (Lipinski definition) is 10. The van der Waals surface area contributed by atoms with Crippen molar-refractivity contribution in [2.75, 3.05) is 20.2 Å². The van der Waals surface area contributed by atoms with Crippen LogP contribution in [0.5, 0.6) is 5.75 Å². The normalized spacial score (nSPS) is 25.7. The fourth-order valence-electron chi connectivity index (χ4n) is 6.93. The lowest BCUT2D eigenvalue weighted by molar-refractivity contribution is -0.145. The van der Waals surface area contributed by atoms with Crippen molar-refractivity contribution in [2.24, 2.45) is 5.92 Å². The zero-order chi connectivity index (χ0) is 35.4. The van der Waals surface area contributed by atoms with Crippen molar-refractivity contribution >= 4 is 41.1 Å². The number of rotatable bonds is 8. The molecule has 1 saturated carbocycles. The van der Waals surface area contributed by atoms with Gasteiger partial charge >= 0.3 is 18.0 Å². The Morgan fingerprint density at radius 1 is 1.04 bits per heavy atom. The predicted molar refractivity (Wildman–Crippen MR) is 179 cm³/mol. The Bertz CT molecular complexity index is 1730. The number of urea groups is 1. The molecule has 3 fully saturated rings. The van der Waals surface area contributed by atoms with Crippen molar-refractivity contribution in [3.05, 3.63) is 35.8 Å². The van der Waals surface area contributed by atoms with Gasteiger partial charge in [-0.05, 0) is 49.4 Å². The number of thiazole rings is 1. The molecule has 4 amide bonds. The molecule has 5 N–H and O–H groups in total. The van der Waals surface area contributed by atoms with Gasteiger partial charge in [0.1, 0.15) is 46.3 Å². The van der Waals surface area contributed by atoms with Crippen LogP contribution >= 0.6 is 11.3 Å². The van der Waals surface area contributed by atoms with Gasteiger partial charge in [0.05, 0.1) is 13.2 Å². The molecular formula is C33H40N8O8S. The number of hydrogen-bond donors (Lipinski definition) is 5. The van der Waals surface area contributed by atoms with Gasteiger partial charge in [0.15, 0.2) is 0 Å². The number of benzene rings is 1. The summed E-state index contributed by atoms with van der Waals surface area (Å²) in [6.45, 7) is -0.631. The standard InChI is InChI=1S/C33H40N8O8S/c1-49-22-11-9-19(10-12-22)26-27(29-34-13-14-50-29)39-41(38-26)21-15-24-28(44)37-33(31(46)47)16-20(33)7-5-3-2-4-6-8-23(30(45)40(24)18-21)36-32(48)35-17-25(42)43/h9-14,20-21,23-24H,2-8,15-18H2,1H3,(H,37,44)(H,42,43)(H,46,47)(H2,35,36,48)/t20-,21-,23-,24+,33+/m1/s1. The number of carboxylic acid groups (broad SMARTS) is 2. The van der Waals surface area contributed by atoms with Crippen molar-refractivity contribution in [1.82, 2.24) is 40.8 Å². The van der Waals surface area contributed by atoms with E-state index in [9.17, 15) is 29.1 Å². The van der Waals surface area contributed by atoms with Gasteiger partial charge in [0.2, 0.25) is 11.8 Å². The van der Waals surface area contributed by atoms with Gasteiger partial charge in [-0.1, -0.05) is 32.1 Å². The number of nitrogens with zero attached hydrogens (tertiary/aromatic N) is 5. The lowest BCUT2D eigenvalue weighted by atomic mass is 10.0. The molecule has 17 heteroatoms. The van der Waals surface area contributed by atoms with Gasteiger partial charge in [-0.25, -0.2) is 14.6 Å². The summed E-state index contributed by atoms with van der Waals surface area (Å²) in [6, 6.07) is 3.76. The number of methoxy groups -OCH3 is 1. The molecule has 6 rings (SSSR count). The monoisotopic (exact) mass is 708 g/mol. The number of carbonyl (C=O) groups excluding carboxylic acids is 3. The van der Waals surface area contributed by atoms with Gasteiger partial charge in [-0.2, -0.15) is 9.90 Å². The molecule has 4 heterocycles. The van der Waals surface area contributed by atoms with Crippen LogP contribution in [0, 0.1) is 5.92 Å². The highest BCUT2D eigenvalue weighted by atomic mass is 32.1. The maximum atomic E-state index is 14.3. The van der Waals surface area contributed by atoms with E-state index in [0.717, 1.165) is 31.2 Å².